The summed E-state index contributed by atoms with van der Waals surface area (Å²) in [5.41, 5.74) is 4.43. The number of nitrogens with zero attached hydrogens (tertiary/aromatic N) is 3. The molecule has 1 aromatic heterocycles. The van der Waals surface area contributed by atoms with Gasteiger partial charge in [0.25, 0.3) is 17.3 Å². The van der Waals surface area contributed by atoms with Gasteiger partial charge in [0, 0.05) is 39.9 Å². The third-order valence-corrected chi connectivity index (χ3v) is 6.75. The lowest BCUT2D eigenvalue weighted by Gasteiger charge is -2.16. The quantitative estimate of drug-likeness (QED) is 0.0941. The van der Waals surface area contributed by atoms with Gasteiger partial charge in [-0.2, -0.15) is 5.10 Å². The summed E-state index contributed by atoms with van der Waals surface area (Å²) in [7, 11) is 0. The standard InChI is InChI=1S/C28H24N4O7S/c1-3-6-20-11-19(13-24(38-4-2)27(20)39-17-18-7-5-8-22(12-18)31(34)35)16-29-30-28(33)26-15-21-14-23(32(36)37)9-10-25(21)40-26/h3,5,7-16H,1,4,6,17H2,2H3,(H,30,33)/b29-16-. The molecular weight excluding hydrogens is 536 g/mol. The van der Waals surface area contributed by atoms with Gasteiger partial charge in [-0.25, -0.2) is 5.43 Å². The Morgan fingerprint density at radius 3 is 2.55 bits per heavy atom. The Bertz CT molecular complexity index is 1630. The molecule has 1 amide bonds. The maximum atomic E-state index is 12.7. The summed E-state index contributed by atoms with van der Waals surface area (Å²) in [6, 6.07) is 15.8. The number of benzene rings is 3. The van der Waals surface area contributed by atoms with E-state index < -0.39 is 15.8 Å². The number of nitrogens with one attached hydrogen (secondary N) is 1. The molecule has 0 aliphatic rings. The van der Waals surface area contributed by atoms with Gasteiger partial charge < -0.3 is 9.47 Å². The van der Waals surface area contributed by atoms with Gasteiger partial charge in [-0.1, -0.05) is 18.2 Å². The van der Waals surface area contributed by atoms with Crippen molar-refractivity contribution in [3.8, 4) is 11.5 Å². The maximum Gasteiger partial charge on any atom is 0.281 e. The number of non-ortho nitro benzene ring substituents is 2. The zero-order valence-corrected chi connectivity index (χ0v) is 22.2. The Morgan fingerprint density at radius 1 is 1.05 bits per heavy atom. The van der Waals surface area contributed by atoms with Crippen molar-refractivity contribution in [1.82, 2.24) is 5.43 Å². The Balaban J connectivity index is 1.52. The minimum Gasteiger partial charge on any atom is -0.490 e. The first kappa shape index (κ1) is 27.9. The second-order valence-electron chi connectivity index (χ2n) is 8.44. The average molecular weight is 561 g/mol. The van der Waals surface area contributed by atoms with Gasteiger partial charge >= 0.3 is 0 Å². The van der Waals surface area contributed by atoms with Crippen LogP contribution in [0.2, 0.25) is 0 Å². The highest BCUT2D eigenvalue weighted by Crippen LogP contribution is 2.34. The SMILES string of the molecule is C=CCc1cc(/C=N\NC(=O)c2cc3cc([N+](=O)[O-])ccc3s2)cc(OCC)c1OCc1cccc([N+](=O)[O-])c1. The second-order valence-corrected chi connectivity index (χ2v) is 9.52. The molecule has 0 saturated heterocycles. The van der Waals surface area contributed by atoms with E-state index in [9.17, 15) is 25.0 Å². The van der Waals surface area contributed by atoms with Crippen LogP contribution in [0.3, 0.4) is 0 Å². The number of ether oxygens (including phenoxy) is 2. The van der Waals surface area contributed by atoms with Gasteiger partial charge in [-0.3, -0.25) is 25.0 Å². The Hall–Kier alpha value is -5.10. The number of hydrogen-bond acceptors (Lipinski definition) is 9. The predicted octanol–water partition coefficient (Wildman–Crippen LogP) is 6.19. The lowest BCUT2D eigenvalue weighted by molar-refractivity contribution is -0.385. The van der Waals surface area contributed by atoms with Gasteiger partial charge in [0.2, 0.25) is 0 Å². The van der Waals surface area contributed by atoms with Crippen molar-refractivity contribution in [3.63, 3.8) is 0 Å². The summed E-state index contributed by atoms with van der Waals surface area (Å²) >= 11 is 1.20. The molecule has 0 radical (unpaired) electrons. The van der Waals surface area contributed by atoms with E-state index in [1.807, 2.05) is 13.0 Å². The molecule has 4 aromatic rings. The molecule has 12 heteroatoms. The monoisotopic (exact) mass is 560 g/mol. The fourth-order valence-corrected chi connectivity index (χ4v) is 4.82. The summed E-state index contributed by atoms with van der Waals surface area (Å²) in [4.78, 5) is 34.2. The molecule has 1 N–H and O–H groups in total. The van der Waals surface area contributed by atoms with Crippen LogP contribution in [0.1, 0.15) is 33.3 Å². The lowest BCUT2D eigenvalue weighted by atomic mass is 10.1. The molecule has 0 unspecified atom stereocenters. The van der Waals surface area contributed by atoms with E-state index in [2.05, 4.69) is 17.1 Å². The second kappa shape index (κ2) is 12.6. The first-order valence-electron chi connectivity index (χ1n) is 12.1. The van der Waals surface area contributed by atoms with Crippen molar-refractivity contribution in [2.75, 3.05) is 6.61 Å². The number of thiophene rings is 1. The largest absolute Gasteiger partial charge is 0.490 e. The maximum absolute atomic E-state index is 12.7. The average Bonchev–Trinajstić information content (AvgIpc) is 3.37. The van der Waals surface area contributed by atoms with Crippen molar-refractivity contribution in [3.05, 3.63) is 115 Å². The highest BCUT2D eigenvalue weighted by Gasteiger charge is 2.16. The number of carbonyl (C=O) groups excluding carboxylic acids is 1. The van der Waals surface area contributed by atoms with Crippen LogP contribution < -0.4 is 14.9 Å². The number of rotatable bonds is 12. The molecule has 11 nitrogen and oxygen atoms in total. The molecular formula is C28H24N4O7S. The summed E-state index contributed by atoms with van der Waals surface area (Å²) < 4.78 is 12.6. The number of allylic oxidation sites excluding steroid dienone is 1. The Kier molecular flexibility index (Phi) is 8.82. The normalized spacial score (nSPS) is 10.9. The fraction of sp³-hybridized carbons (Fsp3) is 0.143. The molecule has 0 atom stereocenters. The molecule has 204 valence electrons. The van der Waals surface area contributed by atoms with Crippen LogP contribution in [0.5, 0.6) is 11.5 Å². The zero-order valence-electron chi connectivity index (χ0n) is 21.4. The predicted molar refractivity (Wildman–Crippen MR) is 152 cm³/mol. The van der Waals surface area contributed by atoms with E-state index in [-0.39, 0.29) is 18.0 Å². The molecule has 0 bridgehead atoms. The van der Waals surface area contributed by atoms with Crippen LogP contribution in [0, 0.1) is 20.2 Å². The number of hydrogen-bond donors (Lipinski definition) is 1. The third-order valence-electron chi connectivity index (χ3n) is 5.64. The van der Waals surface area contributed by atoms with E-state index >= 15 is 0 Å². The number of nitro groups is 2. The van der Waals surface area contributed by atoms with E-state index in [1.54, 1.807) is 36.4 Å². The highest BCUT2D eigenvalue weighted by atomic mass is 32.1. The van der Waals surface area contributed by atoms with Gasteiger partial charge in [-0.15, -0.1) is 17.9 Å². The first-order chi connectivity index (χ1) is 19.3. The highest BCUT2D eigenvalue weighted by molar-refractivity contribution is 7.20. The third kappa shape index (κ3) is 6.66. The van der Waals surface area contributed by atoms with E-state index in [1.165, 1.54) is 41.8 Å². The van der Waals surface area contributed by atoms with E-state index in [0.29, 0.717) is 45.9 Å². The van der Waals surface area contributed by atoms with Crippen LogP contribution in [0.25, 0.3) is 10.1 Å². The molecule has 40 heavy (non-hydrogen) atoms. The summed E-state index contributed by atoms with van der Waals surface area (Å²) in [6.07, 6.45) is 3.63. The summed E-state index contributed by atoms with van der Waals surface area (Å²) in [5.74, 6) is 0.480. The molecule has 1 heterocycles. The van der Waals surface area contributed by atoms with Crippen molar-refractivity contribution in [1.29, 1.82) is 0 Å². The molecule has 0 aliphatic heterocycles. The smallest absolute Gasteiger partial charge is 0.281 e. The first-order valence-corrected chi connectivity index (χ1v) is 12.9. The fourth-order valence-electron chi connectivity index (χ4n) is 3.88. The van der Waals surface area contributed by atoms with E-state index in [4.69, 9.17) is 9.47 Å². The molecule has 4 rings (SSSR count). The van der Waals surface area contributed by atoms with Crippen molar-refractivity contribution < 1.29 is 24.1 Å². The molecule has 0 aliphatic carbocycles. The number of fused-ring (bicyclic) bond motifs is 1. The van der Waals surface area contributed by atoms with Crippen LogP contribution in [-0.4, -0.2) is 28.6 Å². The molecule has 0 fully saturated rings. The van der Waals surface area contributed by atoms with Gasteiger partial charge in [-0.05, 0) is 48.7 Å². The minimum absolute atomic E-state index is 0.0250. The topological polar surface area (TPSA) is 146 Å². The van der Waals surface area contributed by atoms with E-state index in [0.717, 1.165) is 10.3 Å². The minimum atomic E-state index is -0.484. The zero-order chi connectivity index (χ0) is 28.6. The molecule has 0 saturated carbocycles. The van der Waals surface area contributed by atoms with Crippen LogP contribution in [0.4, 0.5) is 11.4 Å². The van der Waals surface area contributed by atoms with Gasteiger partial charge in [0.1, 0.15) is 6.61 Å². The Labute approximate surface area is 232 Å². The number of nitro benzene ring substituents is 2. The van der Waals surface area contributed by atoms with Gasteiger partial charge in [0.05, 0.1) is 27.5 Å². The Morgan fingerprint density at radius 2 is 1.82 bits per heavy atom. The molecule has 3 aromatic carbocycles. The summed E-state index contributed by atoms with van der Waals surface area (Å²) in [6.45, 7) is 6.09. The van der Waals surface area contributed by atoms with Gasteiger partial charge in [0.15, 0.2) is 11.5 Å². The summed E-state index contributed by atoms with van der Waals surface area (Å²) in [5, 5.41) is 26.8. The van der Waals surface area contributed by atoms with Crippen LogP contribution in [0.15, 0.2) is 78.4 Å². The lowest BCUT2D eigenvalue weighted by Crippen LogP contribution is -2.16. The van der Waals surface area contributed by atoms with Crippen LogP contribution in [-0.2, 0) is 13.0 Å². The van der Waals surface area contributed by atoms with Crippen LogP contribution >= 0.6 is 11.3 Å². The van der Waals surface area contributed by atoms with Crippen molar-refractivity contribution in [2.24, 2.45) is 5.10 Å². The number of amides is 1. The number of carbonyl (C=O) groups is 1. The van der Waals surface area contributed by atoms with Crippen molar-refractivity contribution in [2.45, 2.75) is 20.0 Å². The molecule has 0 spiro atoms. The number of hydrazone groups is 1. The van der Waals surface area contributed by atoms with Crippen molar-refractivity contribution >= 4 is 44.9 Å².